The number of nitrogens with zero attached hydrogens (tertiary/aromatic N) is 4. The lowest BCUT2D eigenvalue weighted by molar-refractivity contribution is -0.116. The second-order valence-electron chi connectivity index (χ2n) is 7.24. The summed E-state index contributed by atoms with van der Waals surface area (Å²) in [6.45, 7) is 0. The van der Waals surface area contributed by atoms with Crippen LogP contribution in [0.1, 0.15) is 12.0 Å². The Morgan fingerprint density at radius 1 is 0.933 bits per heavy atom. The fourth-order valence-electron chi connectivity index (χ4n) is 3.72. The lowest BCUT2D eigenvalue weighted by Gasteiger charge is -2.18. The van der Waals surface area contributed by atoms with Crippen LogP contribution in [0.2, 0.25) is 0 Å². The molecule has 0 radical (unpaired) electrons. The zero-order valence-corrected chi connectivity index (χ0v) is 15.7. The van der Waals surface area contributed by atoms with E-state index < -0.39 is 0 Å². The third-order valence-electron chi connectivity index (χ3n) is 5.27. The molecule has 4 heterocycles. The highest BCUT2D eigenvalue weighted by Gasteiger charge is 2.16. The quantitative estimate of drug-likeness (QED) is 0.370. The molecule has 9 heteroatoms. The molecule has 3 aromatic heterocycles. The van der Waals surface area contributed by atoms with Gasteiger partial charge in [0.2, 0.25) is 5.91 Å². The number of aromatic amines is 2. The van der Waals surface area contributed by atoms with Crippen LogP contribution in [-0.4, -0.2) is 36.3 Å². The van der Waals surface area contributed by atoms with Gasteiger partial charge in [-0.1, -0.05) is 18.2 Å². The molecule has 6 rings (SSSR count). The number of amides is 1. The second kappa shape index (κ2) is 6.38. The highest BCUT2D eigenvalue weighted by molar-refractivity contribution is 5.95. The molecule has 0 unspecified atom stereocenters. The van der Waals surface area contributed by atoms with Gasteiger partial charge in [-0.3, -0.25) is 15.0 Å². The summed E-state index contributed by atoms with van der Waals surface area (Å²) in [5, 5.41) is 21.4. The van der Waals surface area contributed by atoms with Gasteiger partial charge in [0.15, 0.2) is 11.6 Å². The first-order chi connectivity index (χ1) is 14.7. The Kier molecular flexibility index (Phi) is 3.54. The average Bonchev–Trinajstić information content (AvgIpc) is 3.42. The third kappa shape index (κ3) is 2.75. The highest BCUT2D eigenvalue weighted by Crippen LogP contribution is 2.30. The Hall–Kier alpha value is -4.27. The monoisotopic (exact) mass is 396 g/mol. The molecule has 0 bridgehead atoms. The first-order valence-electron chi connectivity index (χ1n) is 9.57. The molecule has 0 fully saturated rings. The number of hydrogen-bond donors (Lipinski definition) is 4. The van der Waals surface area contributed by atoms with Crippen molar-refractivity contribution >= 4 is 45.0 Å². The van der Waals surface area contributed by atoms with Gasteiger partial charge in [-0.15, -0.1) is 0 Å². The van der Waals surface area contributed by atoms with Gasteiger partial charge in [-0.2, -0.15) is 10.2 Å². The predicted molar refractivity (Wildman–Crippen MR) is 113 cm³/mol. The summed E-state index contributed by atoms with van der Waals surface area (Å²) in [5.41, 5.74) is 5.99. The Labute approximate surface area is 169 Å². The molecule has 0 aliphatic carbocycles. The summed E-state index contributed by atoms with van der Waals surface area (Å²) >= 11 is 0. The maximum absolute atomic E-state index is 11.7. The molecule has 1 amide bonds. The zero-order valence-electron chi connectivity index (χ0n) is 15.7. The van der Waals surface area contributed by atoms with Crippen molar-refractivity contribution < 1.29 is 4.79 Å². The van der Waals surface area contributed by atoms with Gasteiger partial charge in [0, 0.05) is 28.7 Å². The van der Waals surface area contributed by atoms with E-state index in [1.54, 1.807) is 12.4 Å². The van der Waals surface area contributed by atoms with Crippen LogP contribution in [0, 0.1) is 0 Å². The summed E-state index contributed by atoms with van der Waals surface area (Å²) in [7, 11) is 0. The Balaban J connectivity index is 1.42. The lowest BCUT2D eigenvalue weighted by Crippen LogP contribution is -2.18. The number of rotatable bonds is 3. The van der Waals surface area contributed by atoms with Crippen molar-refractivity contribution in [3.63, 3.8) is 0 Å². The van der Waals surface area contributed by atoms with Crippen LogP contribution in [0.5, 0.6) is 0 Å². The van der Waals surface area contributed by atoms with Gasteiger partial charge in [-0.25, -0.2) is 9.97 Å². The molecule has 0 atom stereocenters. The zero-order chi connectivity index (χ0) is 20.1. The molecule has 5 aromatic rings. The number of nitrogens with one attached hydrogen (secondary N) is 4. The first-order valence-corrected chi connectivity index (χ1v) is 9.57. The number of H-pyrrole nitrogens is 2. The lowest BCUT2D eigenvalue weighted by atomic mass is 10.0. The number of aromatic nitrogens is 6. The molecule has 2 aromatic carbocycles. The van der Waals surface area contributed by atoms with Crippen molar-refractivity contribution in [3.8, 4) is 11.4 Å². The normalized spacial score (nSPS) is 13.4. The smallest absolute Gasteiger partial charge is 0.224 e. The van der Waals surface area contributed by atoms with Crippen molar-refractivity contribution in [1.82, 2.24) is 30.4 Å². The number of benzene rings is 2. The van der Waals surface area contributed by atoms with E-state index in [1.807, 2.05) is 36.4 Å². The van der Waals surface area contributed by atoms with Crippen molar-refractivity contribution in [2.24, 2.45) is 0 Å². The van der Waals surface area contributed by atoms with E-state index in [1.165, 1.54) is 0 Å². The van der Waals surface area contributed by atoms with Gasteiger partial charge in [0.25, 0.3) is 0 Å². The molecule has 1 aliphatic heterocycles. The second-order valence-corrected chi connectivity index (χ2v) is 7.24. The van der Waals surface area contributed by atoms with Crippen molar-refractivity contribution in [2.75, 3.05) is 10.6 Å². The van der Waals surface area contributed by atoms with Gasteiger partial charge in [0.05, 0.1) is 17.9 Å². The van der Waals surface area contributed by atoms with Crippen molar-refractivity contribution in [3.05, 3.63) is 54.4 Å². The van der Waals surface area contributed by atoms with E-state index in [9.17, 15) is 4.79 Å². The van der Waals surface area contributed by atoms with E-state index in [0.717, 1.165) is 39.8 Å². The molecule has 4 N–H and O–H groups in total. The number of aryl methyl sites for hydroxylation is 1. The summed E-state index contributed by atoms with van der Waals surface area (Å²) in [5.74, 6) is 1.22. The van der Waals surface area contributed by atoms with Gasteiger partial charge in [-0.05, 0) is 30.2 Å². The molecule has 9 nitrogen and oxygen atoms in total. The predicted octanol–water partition coefficient (Wildman–Crippen LogP) is 3.52. The third-order valence-corrected chi connectivity index (χ3v) is 5.27. The minimum atomic E-state index is 0.0362. The molecular formula is C21H16N8O. The maximum atomic E-state index is 11.7. The number of hydrogen-bond acceptors (Lipinski definition) is 6. The molecule has 0 saturated carbocycles. The SMILES string of the molecule is O=C1CCc2ccc(Nc3nc(-c4ccc5cn[nH]c5c4)nc4cn[nH]c34)cc2N1. The Morgan fingerprint density at radius 2 is 1.87 bits per heavy atom. The maximum Gasteiger partial charge on any atom is 0.224 e. The van der Waals surface area contributed by atoms with E-state index >= 15 is 0 Å². The molecule has 30 heavy (non-hydrogen) atoms. The molecule has 1 aliphatic rings. The topological polar surface area (TPSA) is 124 Å². The van der Waals surface area contributed by atoms with Gasteiger partial charge < -0.3 is 10.6 Å². The summed E-state index contributed by atoms with van der Waals surface area (Å²) in [4.78, 5) is 21.1. The van der Waals surface area contributed by atoms with Crippen LogP contribution in [0.4, 0.5) is 17.2 Å². The summed E-state index contributed by atoms with van der Waals surface area (Å²) < 4.78 is 0. The van der Waals surface area contributed by atoms with Crippen LogP contribution in [0.3, 0.4) is 0 Å². The number of carbonyl (C=O) groups is 1. The summed E-state index contributed by atoms with van der Waals surface area (Å²) in [6.07, 6.45) is 4.72. The highest BCUT2D eigenvalue weighted by atomic mass is 16.1. The van der Waals surface area contributed by atoms with Gasteiger partial charge >= 0.3 is 0 Å². The molecular weight excluding hydrogens is 380 g/mol. The molecule has 0 spiro atoms. The van der Waals surface area contributed by atoms with Crippen molar-refractivity contribution in [1.29, 1.82) is 0 Å². The minimum Gasteiger partial charge on any atom is -0.338 e. The number of carbonyl (C=O) groups excluding carboxylic acids is 1. The standard InChI is InChI=1S/C21H16N8O/c30-18-6-4-11-3-5-14(8-15(11)25-18)24-21-19-17(10-23-29-19)26-20(27-21)12-1-2-13-9-22-28-16(13)7-12/h1-3,5,7-10H,4,6H2,(H,22,28)(H,23,29)(H,25,30)(H,24,26,27). The number of fused-ring (bicyclic) bond motifs is 3. The van der Waals surface area contributed by atoms with E-state index in [-0.39, 0.29) is 5.91 Å². The van der Waals surface area contributed by atoms with Gasteiger partial charge in [0.1, 0.15) is 11.0 Å². The number of anilines is 3. The first kappa shape index (κ1) is 16.7. The van der Waals surface area contributed by atoms with Crippen LogP contribution < -0.4 is 10.6 Å². The fraction of sp³-hybridized carbons (Fsp3) is 0.0952. The van der Waals surface area contributed by atoms with E-state index in [2.05, 4.69) is 36.0 Å². The average molecular weight is 396 g/mol. The van der Waals surface area contributed by atoms with E-state index in [0.29, 0.717) is 29.1 Å². The summed E-state index contributed by atoms with van der Waals surface area (Å²) in [6, 6.07) is 11.9. The largest absolute Gasteiger partial charge is 0.338 e. The Bertz CT molecular complexity index is 1430. The Morgan fingerprint density at radius 3 is 2.83 bits per heavy atom. The van der Waals surface area contributed by atoms with E-state index in [4.69, 9.17) is 4.98 Å². The molecule has 0 saturated heterocycles. The minimum absolute atomic E-state index is 0.0362. The van der Waals surface area contributed by atoms with Crippen LogP contribution in [0.25, 0.3) is 33.3 Å². The van der Waals surface area contributed by atoms with Crippen LogP contribution in [0.15, 0.2) is 48.8 Å². The fourth-order valence-corrected chi connectivity index (χ4v) is 3.72. The van der Waals surface area contributed by atoms with Crippen LogP contribution >= 0.6 is 0 Å². The molecule has 146 valence electrons. The van der Waals surface area contributed by atoms with Crippen molar-refractivity contribution in [2.45, 2.75) is 12.8 Å². The van der Waals surface area contributed by atoms with Crippen LogP contribution in [-0.2, 0) is 11.2 Å².